The molecule has 0 unspecified atom stereocenters. The summed E-state index contributed by atoms with van der Waals surface area (Å²) < 4.78 is 44.5. The van der Waals surface area contributed by atoms with Gasteiger partial charge in [-0.25, -0.2) is 13.9 Å². The molecule has 4 aromatic rings. The lowest BCUT2D eigenvalue weighted by molar-refractivity contribution is 0.00245. The molecule has 224 valence electrons. The zero-order valence-electron chi connectivity index (χ0n) is 23.2. The number of aromatic nitrogens is 4. The number of thiophene rings is 1. The van der Waals surface area contributed by atoms with E-state index in [-0.39, 0.29) is 17.8 Å². The van der Waals surface area contributed by atoms with Crippen molar-refractivity contribution in [3.8, 4) is 22.1 Å². The number of ether oxygens (including phenoxy) is 5. The van der Waals surface area contributed by atoms with Gasteiger partial charge in [0.2, 0.25) is 0 Å². The summed E-state index contributed by atoms with van der Waals surface area (Å²) in [6, 6.07) is 7.76. The molecule has 0 spiro atoms. The van der Waals surface area contributed by atoms with E-state index in [1.54, 1.807) is 30.1 Å². The van der Waals surface area contributed by atoms with E-state index in [2.05, 4.69) is 25.9 Å². The Kier molecular flexibility index (Phi) is 10.6. The Labute approximate surface area is 246 Å². The van der Waals surface area contributed by atoms with Crippen molar-refractivity contribution in [1.82, 2.24) is 25.3 Å². The Hall–Kier alpha value is -3.69. The molecule has 1 aromatic carbocycles. The number of benzene rings is 1. The monoisotopic (exact) mass is 600 g/mol. The van der Waals surface area contributed by atoms with Crippen molar-refractivity contribution in [2.24, 2.45) is 0 Å². The fraction of sp³-hybridized carbons (Fsp3) is 0.429. The lowest BCUT2D eigenvalue weighted by atomic mass is 10.3. The van der Waals surface area contributed by atoms with Gasteiger partial charge in [0.15, 0.2) is 11.6 Å². The summed E-state index contributed by atoms with van der Waals surface area (Å²) in [7, 11) is 1.64. The fourth-order valence-electron chi connectivity index (χ4n) is 3.84. The number of anilines is 1. The van der Waals surface area contributed by atoms with Gasteiger partial charge in [0.25, 0.3) is 0 Å². The van der Waals surface area contributed by atoms with Crippen LogP contribution in [0, 0.1) is 5.82 Å². The quantitative estimate of drug-likeness (QED) is 0.169. The number of nitrogens with zero attached hydrogens (tertiary/aromatic N) is 4. The van der Waals surface area contributed by atoms with Crippen molar-refractivity contribution in [1.29, 1.82) is 0 Å². The predicted octanol–water partition coefficient (Wildman–Crippen LogP) is 4.47. The van der Waals surface area contributed by atoms with E-state index in [9.17, 15) is 9.18 Å². The Morgan fingerprint density at radius 2 is 1.79 bits per heavy atom. The van der Waals surface area contributed by atoms with Crippen LogP contribution >= 0.6 is 11.3 Å². The minimum Gasteiger partial charge on any atom is -0.453 e. The maximum Gasteiger partial charge on any atom is 0.319 e. The van der Waals surface area contributed by atoms with Crippen molar-refractivity contribution < 1.29 is 32.9 Å². The number of methoxy groups -OCH3 is 1. The molecule has 0 aliphatic heterocycles. The highest BCUT2D eigenvalue weighted by Gasteiger charge is 2.23. The lowest BCUT2D eigenvalue weighted by Crippen LogP contribution is -2.30. The molecule has 1 aliphatic rings. The number of amides is 2. The molecular weight excluding hydrogens is 567 g/mol. The van der Waals surface area contributed by atoms with Crippen LogP contribution in [0.2, 0.25) is 0 Å². The van der Waals surface area contributed by atoms with Crippen molar-refractivity contribution in [3.05, 3.63) is 48.5 Å². The summed E-state index contributed by atoms with van der Waals surface area (Å²) in [5.41, 5.74) is 1.73. The smallest absolute Gasteiger partial charge is 0.319 e. The van der Waals surface area contributed by atoms with E-state index >= 15 is 0 Å². The van der Waals surface area contributed by atoms with Gasteiger partial charge in [0.1, 0.15) is 11.4 Å². The van der Waals surface area contributed by atoms with E-state index in [0.29, 0.717) is 75.4 Å². The van der Waals surface area contributed by atoms with Crippen LogP contribution in [0.4, 0.5) is 14.9 Å². The number of fused-ring (bicyclic) bond motifs is 1. The number of urea groups is 1. The molecule has 14 heteroatoms. The Bertz CT molecular complexity index is 1460. The van der Waals surface area contributed by atoms with Gasteiger partial charge in [-0.3, -0.25) is 4.98 Å². The summed E-state index contributed by atoms with van der Waals surface area (Å²) in [5.74, 6) is -0.0890. The van der Waals surface area contributed by atoms with Crippen molar-refractivity contribution in [2.75, 3.05) is 58.7 Å². The molecule has 3 heterocycles. The number of carbonyl (C=O) groups is 1. The average molecular weight is 601 g/mol. The maximum absolute atomic E-state index is 14.8. The molecule has 3 aromatic heterocycles. The Morgan fingerprint density at radius 1 is 1.02 bits per heavy atom. The van der Waals surface area contributed by atoms with Gasteiger partial charge < -0.3 is 34.3 Å². The number of halogens is 1. The van der Waals surface area contributed by atoms with Gasteiger partial charge in [0.05, 0.1) is 74.1 Å². The third kappa shape index (κ3) is 8.66. The van der Waals surface area contributed by atoms with Gasteiger partial charge in [-0.1, -0.05) is 5.21 Å². The van der Waals surface area contributed by atoms with E-state index in [0.717, 1.165) is 22.4 Å². The van der Waals surface area contributed by atoms with Gasteiger partial charge in [-0.15, -0.1) is 16.4 Å². The van der Waals surface area contributed by atoms with Crippen LogP contribution < -0.4 is 15.4 Å². The molecule has 0 bridgehead atoms. The van der Waals surface area contributed by atoms with Gasteiger partial charge in [-0.2, -0.15) is 0 Å². The second-order valence-electron chi connectivity index (χ2n) is 9.45. The SMILES string of the molecule is COCCOCCOCCOCCn1cc(-c2cc3nccc(Oc4ccc(NC(=O)NC5CC5)cc4F)c3s2)nn1. The molecule has 1 fully saturated rings. The first-order chi connectivity index (χ1) is 20.6. The lowest BCUT2D eigenvalue weighted by Gasteiger charge is -2.10. The van der Waals surface area contributed by atoms with Crippen LogP contribution in [-0.4, -0.2) is 85.4 Å². The van der Waals surface area contributed by atoms with Crippen LogP contribution in [-0.2, 0) is 25.5 Å². The number of rotatable bonds is 17. The van der Waals surface area contributed by atoms with Crippen LogP contribution in [0.5, 0.6) is 11.5 Å². The molecule has 1 aliphatic carbocycles. The van der Waals surface area contributed by atoms with E-state index in [4.69, 9.17) is 23.7 Å². The molecule has 12 nitrogen and oxygen atoms in total. The maximum atomic E-state index is 14.8. The molecule has 2 amide bonds. The number of carbonyl (C=O) groups excluding carboxylic acids is 1. The van der Waals surface area contributed by atoms with Crippen LogP contribution in [0.3, 0.4) is 0 Å². The van der Waals surface area contributed by atoms with Gasteiger partial charge in [0, 0.05) is 37.2 Å². The molecular formula is C28H33FN6O6S. The van der Waals surface area contributed by atoms with Crippen LogP contribution in [0.1, 0.15) is 12.8 Å². The summed E-state index contributed by atoms with van der Waals surface area (Å²) in [5, 5.41) is 13.9. The first-order valence-corrected chi connectivity index (χ1v) is 14.5. The second kappa shape index (κ2) is 15.0. The second-order valence-corrected chi connectivity index (χ2v) is 10.5. The summed E-state index contributed by atoms with van der Waals surface area (Å²) >= 11 is 1.43. The molecule has 42 heavy (non-hydrogen) atoms. The minimum absolute atomic E-state index is 0.0392. The molecule has 0 radical (unpaired) electrons. The summed E-state index contributed by atoms with van der Waals surface area (Å²) in [4.78, 5) is 17.2. The van der Waals surface area contributed by atoms with Crippen LogP contribution in [0.15, 0.2) is 42.7 Å². The first kappa shape index (κ1) is 29.8. The highest BCUT2D eigenvalue weighted by atomic mass is 32.1. The average Bonchev–Trinajstić information content (AvgIpc) is 3.47. The zero-order chi connectivity index (χ0) is 29.1. The zero-order valence-corrected chi connectivity index (χ0v) is 24.0. The van der Waals surface area contributed by atoms with Crippen LogP contribution in [0.25, 0.3) is 20.8 Å². The number of hydrogen-bond donors (Lipinski definition) is 2. The fourth-order valence-corrected chi connectivity index (χ4v) is 4.86. The predicted molar refractivity (Wildman–Crippen MR) is 155 cm³/mol. The summed E-state index contributed by atoms with van der Waals surface area (Å²) in [6.45, 7) is 4.12. The number of pyridine rings is 1. The Morgan fingerprint density at radius 3 is 2.52 bits per heavy atom. The molecule has 1 saturated carbocycles. The highest BCUT2D eigenvalue weighted by molar-refractivity contribution is 7.22. The van der Waals surface area contributed by atoms with Crippen molar-refractivity contribution in [3.63, 3.8) is 0 Å². The Balaban J connectivity index is 1.11. The van der Waals surface area contributed by atoms with Crippen molar-refractivity contribution in [2.45, 2.75) is 25.4 Å². The number of hydrogen-bond acceptors (Lipinski definition) is 10. The van der Waals surface area contributed by atoms with E-state index in [1.165, 1.54) is 23.5 Å². The molecule has 5 rings (SSSR count). The van der Waals surface area contributed by atoms with E-state index < -0.39 is 5.82 Å². The van der Waals surface area contributed by atoms with E-state index in [1.807, 2.05) is 12.3 Å². The highest BCUT2D eigenvalue weighted by Crippen LogP contribution is 2.39. The van der Waals surface area contributed by atoms with Gasteiger partial charge >= 0.3 is 6.03 Å². The molecule has 0 atom stereocenters. The normalized spacial score (nSPS) is 13.0. The molecule has 0 saturated heterocycles. The summed E-state index contributed by atoms with van der Waals surface area (Å²) in [6.07, 6.45) is 5.39. The third-order valence-corrected chi connectivity index (χ3v) is 7.29. The standard InChI is InChI=1S/C28H33FN6O6S/c1-37-10-11-39-14-15-40-13-12-38-9-8-35-18-23(33-34-35)26-17-22-27(42-26)25(6-7-30-22)41-24-5-4-20(16-21(24)29)32-28(36)31-19-2-3-19/h4-7,16-19H,2-3,8-15H2,1H3,(H2,31,32,36). The third-order valence-electron chi connectivity index (χ3n) is 6.13. The number of nitrogens with one attached hydrogen (secondary N) is 2. The first-order valence-electron chi connectivity index (χ1n) is 13.6. The largest absolute Gasteiger partial charge is 0.453 e. The van der Waals surface area contributed by atoms with Gasteiger partial charge in [-0.05, 0) is 31.0 Å². The molecule has 2 N–H and O–H groups in total. The van der Waals surface area contributed by atoms with Crippen molar-refractivity contribution >= 4 is 33.3 Å². The topological polar surface area (TPSA) is 131 Å². The minimum atomic E-state index is -0.593.